The molecule has 0 radical (unpaired) electrons. The molecule has 0 spiro atoms. The minimum absolute atomic E-state index is 0.197. The molecule has 166 valence electrons. The first-order valence-corrected chi connectivity index (χ1v) is 10.9. The van der Waals surface area contributed by atoms with E-state index in [0.717, 1.165) is 45.7 Å². The molecule has 0 amide bonds. The Labute approximate surface area is 192 Å². The summed E-state index contributed by atoms with van der Waals surface area (Å²) in [5, 5.41) is 4.38. The van der Waals surface area contributed by atoms with Gasteiger partial charge in [-0.25, -0.2) is 24.6 Å². The van der Waals surface area contributed by atoms with Gasteiger partial charge in [0.15, 0.2) is 0 Å². The number of imidazole rings is 1. The van der Waals surface area contributed by atoms with E-state index >= 15 is 0 Å². The van der Waals surface area contributed by atoms with Crippen molar-refractivity contribution in [1.82, 2.24) is 34.3 Å². The maximum Gasteiger partial charge on any atom is 0.219 e. The minimum atomic E-state index is -0.197. The first-order chi connectivity index (χ1) is 15.8. The second-order valence-corrected chi connectivity index (χ2v) is 9.02. The third-order valence-electron chi connectivity index (χ3n) is 5.71. The predicted molar refractivity (Wildman–Crippen MR) is 130 cm³/mol. The summed E-state index contributed by atoms with van der Waals surface area (Å²) in [6, 6.07) is 12.7. The Balaban J connectivity index is 1.77. The fraction of sp³-hybridized carbons (Fsp3) is 0.240. The molecule has 5 rings (SSSR count). The second-order valence-electron chi connectivity index (χ2n) is 9.02. The lowest BCUT2D eigenvalue weighted by molar-refractivity contribution is 0.413. The van der Waals surface area contributed by atoms with Crippen LogP contribution in [0, 0.1) is 0 Å². The Morgan fingerprint density at radius 1 is 0.970 bits per heavy atom. The van der Waals surface area contributed by atoms with Gasteiger partial charge >= 0.3 is 0 Å². The van der Waals surface area contributed by atoms with Crippen molar-refractivity contribution >= 4 is 17.0 Å². The number of benzene rings is 2. The number of aryl methyl sites for hydroxylation is 1. The third-order valence-corrected chi connectivity index (χ3v) is 5.71. The van der Waals surface area contributed by atoms with Gasteiger partial charge < -0.3 is 10.3 Å². The van der Waals surface area contributed by atoms with Crippen LogP contribution in [0.5, 0.6) is 0 Å². The molecule has 5 aromatic rings. The van der Waals surface area contributed by atoms with Gasteiger partial charge in [-0.2, -0.15) is 5.10 Å². The summed E-state index contributed by atoms with van der Waals surface area (Å²) in [5.74, 6) is 1.15. The largest absolute Gasteiger partial charge is 0.368 e. The van der Waals surface area contributed by atoms with Crippen LogP contribution in [0.2, 0.25) is 0 Å². The fourth-order valence-corrected chi connectivity index (χ4v) is 4.12. The number of nitrogens with zero attached hydrogens (tertiary/aromatic N) is 7. The lowest BCUT2D eigenvalue weighted by Gasteiger charge is -2.25. The predicted octanol–water partition coefficient (Wildman–Crippen LogP) is 4.64. The highest BCUT2D eigenvalue weighted by atomic mass is 15.3. The standard InChI is InChI=1S/C25H26N8/c1-5-16-6-8-21(32-15-27-14-30-32)19(10-16)23-31-20-11-17(18-12-28-24(26)29-13-18)7-9-22(20)33(23)25(2,3)4/h6-15H,5H2,1-4H3,(H2,26,28,29). The van der Waals surface area contributed by atoms with E-state index in [9.17, 15) is 0 Å². The van der Waals surface area contributed by atoms with Crippen LogP contribution in [0.1, 0.15) is 33.3 Å². The van der Waals surface area contributed by atoms with E-state index in [-0.39, 0.29) is 11.5 Å². The summed E-state index contributed by atoms with van der Waals surface area (Å²) >= 11 is 0. The molecule has 33 heavy (non-hydrogen) atoms. The maximum atomic E-state index is 5.66. The molecular formula is C25H26N8. The Hall–Kier alpha value is -4.07. The van der Waals surface area contributed by atoms with Crippen molar-refractivity contribution in [1.29, 1.82) is 0 Å². The van der Waals surface area contributed by atoms with Crippen molar-refractivity contribution in [2.45, 2.75) is 39.7 Å². The average molecular weight is 439 g/mol. The number of hydrogen-bond donors (Lipinski definition) is 1. The molecular weight excluding hydrogens is 412 g/mol. The van der Waals surface area contributed by atoms with Gasteiger partial charge in [-0.1, -0.05) is 19.1 Å². The minimum Gasteiger partial charge on any atom is -0.368 e. The zero-order chi connectivity index (χ0) is 23.2. The van der Waals surface area contributed by atoms with Crippen molar-refractivity contribution in [2.24, 2.45) is 0 Å². The van der Waals surface area contributed by atoms with Gasteiger partial charge in [-0.3, -0.25) is 0 Å². The normalized spacial score (nSPS) is 11.9. The van der Waals surface area contributed by atoms with E-state index in [2.05, 4.69) is 88.7 Å². The van der Waals surface area contributed by atoms with E-state index in [0.29, 0.717) is 0 Å². The zero-order valence-electron chi connectivity index (χ0n) is 19.2. The number of fused-ring (bicyclic) bond motifs is 1. The monoisotopic (exact) mass is 438 g/mol. The van der Waals surface area contributed by atoms with Crippen molar-refractivity contribution in [3.05, 3.63) is 67.0 Å². The summed E-state index contributed by atoms with van der Waals surface area (Å²) in [6.07, 6.45) is 7.66. The molecule has 0 bridgehead atoms. The van der Waals surface area contributed by atoms with Gasteiger partial charge in [0.05, 0.1) is 16.7 Å². The topological polar surface area (TPSA) is 100 Å². The fourth-order valence-electron chi connectivity index (χ4n) is 4.12. The molecule has 2 aromatic carbocycles. The summed E-state index contributed by atoms with van der Waals surface area (Å²) in [6.45, 7) is 8.73. The maximum absolute atomic E-state index is 5.66. The zero-order valence-corrected chi connectivity index (χ0v) is 19.2. The Kier molecular flexibility index (Phi) is 4.92. The molecule has 0 aliphatic rings. The number of nitrogens with two attached hydrogens (primary N) is 1. The van der Waals surface area contributed by atoms with Gasteiger partial charge in [-0.15, -0.1) is 0 Å². The Morgan fingerprint density at radius 2 is 1.76 bits per heavy atom. The third kappa shape index (κ3) is 3.73. The average Bonchev–Trinajstić information content (AvgIpc) is 3.46. The summed E-state index contributed by atoms with van der Waals surface area (Å²) in [7, 11) is 0. The van der Waals surface area contributed by atoms with Crippen molar-refractivity contribution in [3.8, 4) is 28.2 Å². The summed E-state index contributed by atoms with van der Waals surface area (Å²) in [5.41, 5.74) is 12.5. The number of anilines is 1. The van der Waals surface area contributed by atoms with Crippen LogP contribution in [0.3, 0.4) is 0 Å². The highest BCUT2D eigenvalue weighted by Gasteiger charge is 2.25. The van der Waals surface area contributed by atoms with Crippen LogP contribution in [0.25, 0.3) is 39.2 Å². The van der Waals surface area contributed by atoms with Crippen molar-refractivity contribution < 1.29 is 0 Å². The van der Waals surface area contributed by atoms with Crippen molar-refractivity contribution in [2.75, 3.05) is 5.73 Å². The van der Waals surface area contributed by atoms with E-state index in [1.165, 1.54) is 5.56 Å². The SMILES string of the molecule is CCc1ccc(-n2cncn2)c(-c2nc3cc(-c4cnc(N)nc4)ccc3n2C(C)(C)C)c1. The van der Waals surface area contributed by atoms with Crippen LogP contribution >= 0.6 is 0 Å². The lowest BCUT2D eigenvalue weighted by atomic mass is 10.0. The van der Waals surface area contributed by atoms with Crippen LogP contribution in [-0.2, 0) is 12.0 Å². The highest BCUT2D eigenvalue weighted by molar-refractivity contribution is 5.87. The number of hydrogen-bond acceptors (Lipinski definition) is 6. The lowest BCUT2D eigenvalue weighted by Crippen LogP contribution is -2.23. The molecule has 8 heteroatoms. The molecule has 0 fully saturated rings. The highest BCUT2D eigenvalue weighted by Crippen LogP contribution is 2.36. The molecule has 0 aliphatic carbocycles. The molecule has 2 N–H and O–H groups in total. The van der Waals surface area contributed by atoms with Gasteiger partial charge in [-0.05, 0) is 62.6 Å². The quantitative estimate of drug-likeness (QED) is 0.439. The number of nitrogen functional groups attached to an aromatic ring is 1. The van der Waals surface area contributed by atoms with E-state index < -0.39 is 0 Å². The first kappa shape index (κ1) is 20.8. The van der Waals surface area contributed by atoms with E-state index in [1.54, 1.807) is 29.7 Å². The van der Waals surface area contributed by atoms with Gasteiger partial charge in [0.2, 0.25) is 5.95 Å². The summed E-state index contributed by atoms with van der Waals surface area (Å²) in [4.78, 5) is 17.5. The number of aromatic nitrogens is 7. The van der Waals surface area contributed by atoms with E-state index in [4.69, 9.17) is 10.7 Å². The van der Waals surface area contributed by atoms with Crippen molar-refractivity contribution in [3.63, 3.8) is 0 Å². The number of rotatable bonds is 4. The molecule has 0 saturated heterocycles. The van der Waals surface area contributed by atoms with Crippen LogP contribution in [0.4, 0.5) is 5.95 Å². The van der Waals surface area contributed by atoms with Crippen LogP contribution in [-0.4, -0.2) is 34.3 Å². The second kappa shape index (κ2) is 7.81. The van der Waals surface area contributed by atoms with E-state index in [1.807, 2.05) is 0 Å². The molecule has 3 heterocycles. The summed E-state index contributed by atoms with van der Waals surface area (Å²) < 4.78 is 4.08. The molecule has 8 nitrogen and oxygen atoms in total. The van der Waals surface area contributed by atoms with Gasteiger partial charge in [0.1, 0.15) is 18.5 Å². The van der Waals surface area contributed by atoms with Gasteiger partial charge in [0.25, 0.3) is 0 Å². The first-order valence-electron chi connectivity index (χ1n) is 10.9. The molecule has 0 aliphatic heterocycles. The Morgan fingerprint density at radius 3 is 2.42 bits per heavy atom. The van der Waals surface area contributed by atoms with Gasteiger partial charge in [0, 0.05) is 29.1 Å². The molecule has 0 atom stereocenters. The molecule has 3 aromatic heterocycles. The molecule has 0 saturated carbocycles. The Bertz CT molecular complexity index is 1420. The van der Waals surface area contributed by atoms with Crippen LogP contribution in [0.15, 0.2) is 61.4 Å². The molecule has 0 unspecified atom stereocenters. The smallest absolute Gasteiger partial charge is 0.219 e. The van der Waals surface area contributed by atoms with Crippen LogP contribution < -0.4 is 5.73 Å².